The number of Topliss-reactive ketones (excluding diaryl/α,β-unsaturated/α-hetero) is 1. The summed E-state index contributed by atoms with van der Waals surface area (Å²) in [7, 11) is 0. The van der Waals surface area contributed by atoms with Crippen LogP contribution in [0.1, 0.15) is 36.0 Å². The lowest BCUT2D eigenvalue weighted by atomic mass is 10.1. The van der Waals surface area contributed by atoms with Gasteiger partial charge in [-0.2, -0.15) is 0 Å². The molecule has 0 unspecified atom stereocenters. The lowest BCUT2D eigenvalue weighted by Crippen LogP contribution is -2.50. The molecule has 0 spiro atoms. The zero-order valence-corrected chi connectivity index (χ0v) is 14.0. The number of benzene rings is 1. The summed E-state index contributed by atoms with van der Waals surface area (Å²) < 4.78 is 1.02. The summed E-state index contributed by atoms with van der Waals surface area (Å²) in [5.41, 5.74) is 0.816. The van der Waals surface area contributed by atoms with E-state index in [0.717, 1.165) is 42.3 Å². The van der Waals surface area contributed by atoms with E-state index in [1.54, 1.807) is 0 Å². The normalized spacial score (nSPS) is 21.8. The molecule has 1 aromatic rings. The molecule has 0 radical (unpaired) electrons. The summed E-state index contributed by atoms with van der Waals surface area (Å²) in [5, 5.41) is 0. The Morgan fingerprint density at radius 2 is 1.67 bits per heavy atom. The second-order valence-corrected chi connectivity index (χ2v) is 7.10. The summed E-state index contributed by atoms with van der Waals surface area (Å²) in [6.07, 6.45) is 5.54. The first-order valence-corrected chi connectivity index (χ1v) is 8.77. The molecule has 3 rings (SSSR count). The van der Waals surface area contributed by atoms with Gasteiger partial charge in [0.25, 0.3) is 0 Å². The van der Waals surface area contributed by atoms with Crippen molar-refractivity contribution in [1.29, 1.82) is 0 Å². The Labute approximate surface area is 135 Å². The van der Waals surface area contributed by atoms with E-state index < -0.39 is 0 Å². The third-order valence-electron chi connectivity index (χ3n) is 4.78. The van der Waals surface area contributed by atoms with Crippen molar-refractivity contribution in [3.63, 3.8) is 0 Å². The number of carbonyl (C=O) groups excluding carboxylic acids is 1. The van der Waals surface area contributed by atoms with Crippen molar-refractivity contribution in [3.8, 4) is 0 Å². The number of ketones is 1. The number of nitrogens with zero attached hydrogens (tertiary/aromatic N) is 2. The van der Waals surface area contributed by atoms with Crippen LogP contribution in [0.5, 0.6) is 0 Å². The highest BCUT2D eigenvalue weighted by Gasteiger charge is 2.26. The molecule has 1 heterocycles. The Balaban J connectivity index is 1.48. The van der Waals surface area contributed by atoms with Gasteiger partial charge in [0, 0.05) is 42.3 Å². The summed E-state index contributed by atoms with van der Waals surface area (Å²) in [6.45, 7) is 4.86. The predicted octanol–water partition coefficient (Wildman–Crippen LogP) is 3.19. The van der Waals surface area contributed by atoms with Gasteiger partial charge in [0.15, 0.2) is 5.78 Å². The quantitative estimate of drug-likeness (QED) is 0.779. The molecule has 0 N–H and O–H groups in total. The number of piperazine rings is 1. The second kappa shape index (κ2) is 7.03. The Kier molecular flexibility index (Phi) is 5.09. The van der Waals surface area contributed by atoms with Crippen molar-refractivity contribution in [2.45, 2.75) is 31.7 Å². The van der Waals surface area contributed by atoms with Gasteiger partial charge in [-0.1, -0.05) is 40.9 Å². The molecule has 114 valence electrons. The zero-order chi connectivity index (χ0) is 14.7. The fraction of sp³-hybridized carbons (Fsp3) is 0.588. The molecule has 1 aliphatic carbocycles. The number of hydrogen-bond donors (Lipinski definition) is 0. The first-order chi connectivity index (χ1) is 10.2. The average molecular weight is 351 g/mol. The Hall–Kier alpha value is -0.710. The molecule has 21 heavy (non-hydrogen) atoms. The van der Waals surface area contributed by atoms with Gasteiger partial charge in [0.2, 0.25) is 0 Å². The molecule has 0 bridgehead atoms. The lowest BCUT2D eigenvalue weighted by molar-refractivity contribution is 0.0775. The van der Waals surface area contributed by atoms with Gasteiger partial charge < -0.3 is 0 Å². The molecule has 0 aromatic heterocycles. The first kappa shape index (κ1) is 15.2. The van der Waals surface area contributed by atoms with E-state index in [-0.39, 0.29) is 5.78 Å². The molecule has 2 fully saturated rings. The zero-order valence-electron chi connectivity index (χ0n) is 12.4. The minimum atomic E-state index is 0.233. The highest BCUT2D eigenvalue weighted by Crippen LogP contribution is 2.24. The van der Waals surface area contributed by atoms with Crippen LogP contribution >= 0.6 is 15.9 Å². The predicted molar refractivity (Wildman–Crippen MR) is 88.7 cm³/mol. The van der Waals surface area contributed by atoms with Gasteiger partial charge in [0.1, 0.15) is 0 Å². The van der Waals surface area contributed by atoms with E-state index in [0.29, 0.717) is 6.54 Å². The van der Waals surface area contributed by atoms with Crippen molar-refractivity contribution in [1.82, 2.24) is 9.80 Å². The van der Waals surface area contributed by atoms with Crippen LogP contribution in [0.4, 0.5) is 0 Å². The minimum absolute atomic E-state index is 0.233. The van der Waals surface area contributed by atoms with Crippen LogP contribution in [0.3, 0.4) is 0 Å². The molecule has 0 atom stereocenters. The monoisotopic (exact) mass is 350 g/mol. The van der Waals surface area contributed by atoms with Crippen LogP contribution in [-0.4, -0.2) is 54.3 Å². The molecular formula is C17H23BrN2O. The van der Waals surface area contributed by atoms with Crippen LogP contribution < -0.4 is 0 Å². The molecule has 1 aromatic carbocycles. The van der Waals surface area contributed by atoms with Crippen LogP contribution in [-0.2, 0) is 0 Å². The van der Waals surface area contributed by atoms with E-state index in [4.69, 9.17) is 0 Å². The highest BCUT2D eigenvalue weighted by atomic mass is 79.9. The molecule has 4 heteroatoms. The molecule has 1 saturated carbocycles. The van der Waals surface area contributed by atoms with Gasteiger partial charge >= 0.3 is 0 Å². The fourth-order valence-corrected chi connectivity index (χ4v) is 3.75. The van der Waals surface area contributed by atoms with E-state index >= 15 is 0 Å². The summed E-state index contributed by atoms with van der Waals surface area (Å²) in [6, 6.07) is 8.49. The maximum Gasteiger partial charge on any atom is 0.176 e. The van der Waals surface area contributed by atoms with Crippen molar-refractivity contribution >= 4 is 21.7 Å². The molecule has 2 aliphatic rings. The third kappa shape index (κ3) is 3.93. The maximum absolute atomic E-state index is 12.3. The fourth-order valence-electron chi connectivity index (χ4n) is 3.49. The van der Waals surface area contributed by atoms with Gasteiger partial charge in [-0.15, -0.1) is 0 Å². The van der Waals surface area contributed by atoms with Gasteiger partial charge in [-0.05, 0) is 25.0 Å². The number of carbonyl (C=O) groups is 1. The van der Waals surface area contributed by atoms with Crippen molar-refractivity contribution in [3.05, 3.63) is 34.3 Å². The lowest BCUT2D eigenvalue weighted by Gasteiger charge is -2.37. The Morgan fingerprint density at radius 3 is 2.29 bits per heavy atom. The van der Waals surface area contributed by atoms with E-state index in [1.165, 1.54) is 25.7 Å². The maximum atomic E-state index is 12.3. The minimum Gasteiger partial charge on any atom is -0.298 e. The highest BCUT2D eigenvalue weighted by molar-refractivity contribution is 9.10. The standard InChI is InChI=1S/C17H23BrN2O/c18-15-7-5-14(6-8-15)17(21)13-19-9-11-20(12-10-19)16-3-1-2-4-16/h5-8,16H,1-4,9-13H2. The topological polar surface area (TPSA) is 23.6 Å². The Morgan fingerprint density at radius 1 is 1.05 bits per heavy atom. The third-order valence-corrected chi connectivity index (χ3v) is 5.31. The van der Waals surface area contributed by atoms with Crippen LogP contribution in [0.15, 0.2) is 28.7 Å². The number of halogens is 1. The molecular weight excluding hydrogens is 328 g/mol. The smallest absolute Gasteiger partial charge is 0.176 e. The van der Waals surface area contributed by atoms with Gasteiger partial charge in [-0.25, -0.2) is 0 Å². The summed E-state index contributed by atoms with van der Waals surface area (Å²) in [5.74, 6) is 0.233. The van der Waals surface area contributed by atoms with Gasteiger partial charge in [-0.3, -0.25) is 14.6 Å². The van der Waals surface area contributed by atoms with Crippen molar-refractivity contribution in [2.24, 2.45) is 0 Å². The largest absolute Gasteiger partial charge is 0.298 e. The second-order valence-electron chi connectivity index (χ2n) is 6.18. The van der Waals surface area contributed by atoms with Gasteiger partial charge in [0.05, 0.1) is 6.54 Å². The first-order valence-electron chi connectivity index (χ1n) is 7.97. The summed E-state index contributed by atoms with van der Waals surface area (Å²) in [4.78, 5) is 17.2. The van der Waals surface area contributed by atoms with Crippen LogP contribution in [0, 0.1) is 0 Å². The van der Waals surface area contributed by atoms with Crippen molar-refractivity contribution < 1.29 is 4.79 Å². The van der Waals surface area contributed by atoms with E-state index in [2.05, 4.69) is 25.7 Å². The SMILES string of the molecule is O=C(CN1CCN(C2CCCC2)CC1)c1ccc(Br)cc1. The number of rotatable bonds is 4. The number of hydrogen-bond acceptors (Lipinski definition) is 3. The van der Waals surface area contributed by atoms with Crippen molar-refractivity contribution in [2.75, 3.05) is 32.7 Å². The van der Waals surface area contributed by atoms with Crippen LogP contribution in [0.2, 0.25) is 0 Å². The molecule has 0 amide bonds. The Bertz CT molecular complexity index is 474. The van der Waals surface area contributed by atoms with Crippen LogP contribution in [0.25, 0.3) is 0 Å². The molecule has 1 aliphatic heterocycles. The van der Waals surface area contributed by atoms with E-state index in [9.17, 15) is 4.79 Å². The van der Waals surface area contributed by atoms with E-state index in [1.807, 2.05) is 24.3 Å². The average Bonchev–Trinajstić information content (AvgIpc) is 3.03. The molecule has 3 nitrogen and oxygen atoms in total. The molecule has 1 saturated heterocycles. The summed E-state index contributed by atoms with van der Waals surface area (Å²) >= 11 is 3.40.